The van der Waals surface area contributed by atoms with Crippen LogP contribution in [0.2, 0.25) is 0 Å². The molecular formula is C13H19N3O5. The quantitative estimate of drug-likeness (QED) is 0.551. The van der Waals surface area contributed by atoms with E-state index in [2.05, 4.69) is 5.32 Å². The Morgan fingerprint density at radius 1 is 1.52 bits per heavy atom. The van der Waals surface area contributed by atoms with E-state index >= 15 is 0 Å². The van der Waals surface area contributed by atoms with Crippen molar-refractivity contribution in [3.05, 3.63) is 28.3 Å². The lowest BCUT2D eigenvalue weighted by Gasteiger charge is -2.12. The van der Waals surface area contributed by atoms with E-state index in [0.29, 0.717) is 25.4 Å². The number of rotatable bonds is 8. The first-order chi connectivity index (χ1) is 9.99. The minimum atomic E-state index is -0.795. The highest BCUT2D eigenvalue weighted by atomic mass is 16.6. The highest BCUT2D eigenvalue weighted by Crippen LogP contribution is 2.29. The van der Waals surface area contributed by atoms with Gasteiger partial charge in [0, 0.05) is 13.7 Å². The minimum Gasteiger partial charge on any atom is -0.494 e. The van der Waals surface area contributed by atoms with E-state index in [4.69, 9.17) is 15.2 Å². The molecule has 1 unspecified atom stereocenters. The molecule has 8 nitrogen and oxygen atoms in total. The van der Waals surface area contributed by atoms with E-state index in [1.54, 1.807) is 13.0 Å². The highest BCUT2D eigenvalue weighted by Gasteiger charge is 2.20. The SMILES string of the molecule is CCOc1ccc(NC(=O)C(N)CCOC)c([N+](=O)[O-])c1. The maximum Gasteiger partial charge on any atom is 0.296 e. The summed E-state index contributed by atoms with van der Waals surface area (Å²) in [7, 11) is 1.50. The number of hydrogen-bond donors (Lipinski definition) is 2. The van der Waals surface area contributed by atoms with Gasteiger partial charge in [-0.1, -0.05) is 0 Å². The molecule has 0 saturated carbocycles. The molecule has 1 aromatic carbocycles. The zero-order chi connectivity index (χ0) is 15.8. The number of benzene rings is 1. The zero-order valence-electron chi connectivity index (χ0n) is 12.0. The molecule has 1 rings (SSSR count). The number of amides is 1. The smallest absolute Gasteiger partial charge is 0.296 e. The Kier molecular flexibility index (Phi) is 6.57. The molecule has 0 aromatic heterocycles. The molecule has 1 amide bonds. The fourth-order valence-corrected chi connectivity index (χ4v) is 1.63. The number of carbonyl (C=O) groups excluding carboxylic acids is 1. The molecule has 1 aromatic rings. The van der Waals surface area contributed by atoms with Gasteiger partial charge in [0.15, 0.2) is 0 Å². The average Bonchev–Trinajstić information content (AvgIpc) is 2.46. The number of nitrogens with one attached hydrogen (secondary N) is 1. The van der Waals surface area contributed by atoms with Crippen molar-refractivity contribution in [2.45, 2.75) is 19.4 Å². The Hall–Kier alpha value is -2.19. The first-order valence-electron chi connectivity index (χ1n) is 6.46. The Labute approximate surface area is 122 Å². The second-order valence-electron chi connectivity index (χ2n) is 4.25. The molecular weight excluding hydrogens is 278 g/mol. The summed E-state index contributed by atoms with van der Waals surface area (Å²) in [6, 6.07) is 3.44. The molecule has 0 aliphatic carbocycles. The van der Waals surface area contributed by atoms with Gasteiger partial charge in [-0.3, -0.25) is 14.9 Å². The number of methoxy groups -OCH3 is 1. The van der Waals surface area contributed by atoms with Crippen LogP contribution >= 0.6 is 0 Å². The summed E-state index contributed by atoms with van der Waals surface area (Å²) in [5.41, 5.74) is 5.51. The van der Waals surface area contributed by atoms with Crippen LogP contribution in [-0.4, -0.2) is 37.2 Å². The second-order valence-corrected chi connectivity index (χ2v) is 4.25. The van der Waals surface area contributed by atoms with Crippen molar-refractivity contribution in [1.82, 2.24) is 0 Å². The fraction of sp³-hybridized carbons (Fsp3) is 0.462. The maximum atomic E-state index is 11.9. The summed E-state index contributed by atoms with van der Waals surface area (Å²) in [6.07, 6.45) is 0.327. The van der Waals surface area contributed by atoms with Gasteiger partial charge >= 0.3 is 0 Å². The van der Waals surface area contributed by atoms with Crippen molar-refractivity contribution in [2.24, 2.45) is 5.73 Å². The lowest BCUT2D eigenvalue weighted by molar-refractivity contribution is -0.384. The zero-order valence-corrected chi connectivity index (χ0v) is 12.0. The average molecular weight is 297 g/mol. The van der Waals surface area contributed by atoms with Crippen molar-refractivity contribution in [3.8, 4) is 5.75 Å². The topological polar surface area (TPSA) is 117 Å². The number of anilines is 1. The third-order valence-corrected chi connectivity index (χ3v) is 2.70. The Morgan fingerprint density at radius 3 is 2.81 bits per heavy atom. The van der Waals surface area contributed by atoms with Crippen LogP contribution in [0.4, 0.5) is 11.4 Å². The fourth-order valence-electron chi connectivity index (χ4n) is 1.63. The first kappa shape index (κ1) is 16.9. The standard InChI is InChI=1S/C13H19N3O5/c1-3-21-9-4-5-11(12(8-9)16(18)19)15-13(17)10(14)6-7-20-2/h4-5,8,10H,3,6-7,14H2,1-2H3,(H,15,17). The predicted octanol–water partition coefficient (Wildman–Crippen LogP) is 1.30. The van der Waals surface area contributed by atoms with E-state index in [1.807, 2.05) is 0 Å². The molecule has 0 radical (unpaired) electrons. The molecule has 0 bridgehead atoms. The Morgan fingerprint density at radius 2 is 2.24 bits per heavy atom. The number of carbonyl (C=O) groups is 1. The van der Waals surface area contributed by atoms with Crippen LogP contribution in [0.15, 0.2) is 18.2 Å². The monoisotopic (exact) mass is 297 g/mol. The lowest BCUT2D eigenvalue weighted by atomic mass is 10.2. The van der Waals surface area contributed by atoms with Crippen molar-refractivity contribution in [1.29, 1.82) is 0 Å². The molecule has 116 valence electrons. The number of nitro groups is 1. The van der Waals surface area contributed by atoms with Gasteiger partial charge in [0.1, 0.15) is 11.4 Å². The number of nitrogens with zero attached hydrogens (tertiary/aromatic N) is 1. The van der Waals surface area contributed by atoms with Gasteiger partial charge in [0.25, 0.3) is 5.69 Å². The molecule has 3 N–H and O–H groups in total. The summed E-state index contributed by atoms with van der Waals surface area (Å²) in [4.78, 5) is 22.3. The van der Waals surface area contributed by atoms with Gasteiger partial charge < -0.3 is 20.5 Å². The molecule has 0 aliphatic rings. The summed E-state index contributed by atoms with van der Waals surface area (Å²) in [5, 5.41) is 13.5. The van der Waals surface area contributed by atoms with Crippen LogP contribution in [0.3, 0.4) is 0 Å². The van der Waals surface area contributed by atoms with Gasteiger partial charge in [-0.15, -0.1) is 0 Å². The van der Waals surface area contributed by atoms with E-state index < -0.39 is 16.9 Å². The first-order valence-corrected chi connectivity index (χ1v) is 6.46. The largest absolute Gasteiger partial charge is 0.494 e. The summed E-state index contributed by atoms with van der Waals surface area (Å²) >= 11 is 0. The number of nitro benzene ring substituents is 1. The van der Waals surface area contributed by atoms with Crippen LogP contribution in [-0.2, 0) is 9.53 Å². The Bertz CT molecular complexity index is 507. The summed E-state index contributed by atoms with van der Waals surface area (Å²) < 4.78 is 10.0. The predicted molar refractivity (Wildman–Crippen MR) is 77.4 cm³/mol. The molecule has 0 saturated heterocycles. The molecule has 0 heterocycles. The third-order valence-electron chi connectivity index (χ3n) is 2.70. The summed E-state index contributed by atoms with van der Waals surface area (Å²) in [6.45, 7) is 2.50. The summed E-state index contributed by atoms with van der Waals surface area (Å²) in [5.74, 6) is -0.134. The van der Waals surface area contributed by atoms with Crippen molar-refractivity contribution >= 4 is 17.3 Å². The highest BCUT2D eigenvalue weighted by molar-refractivity contribution is 5.96. The maximum absolute atomic E-state index is 11.9. The third kappa shape index (κ3) is 5.01. The van der Waals surface area contributed by atoms with Crippen molar-refractivity contribution in [3.63, 3.8) is 0 Å². The van der Waals surface area contributed by atoms with Crippen molar-refractivity contribution in [2.75, 3.05) is 25.6 Å². The lowest BCUT2D eigenvalue weighted by Crippen LogP contribution is -2.36. The van der Waals surface area contributed by atoms with Gasteiger partial charge in [0.05, 0.1) is 23.6 Å². The Balaban J connectivity index is 2.86. The van der Waals surface area contributed by atoms with Crippen molar-refractivity contribution < 1.29 is 19.2 Å². The normalized spacial score (nSPS) is 11.8. The van der Waals surface area contributed by atoms with Crippen LogP contribution < -0.4 is 15.8 Å². The van der Waals surface area contributed by atoms with Crippen LogP contribution in [0.5, 0.6) is 5.75 Å². The number of hydrogen-bond acceptors (Lipinski definition) is 6. The molecule has 21 heavy (non-hydrogen) atoms. The van der Waals surface area contributed by atoms with Crippen LogP contribution in [0.25, 0.3) is 0 Å². The molecule has 0 aliphatic heterocycles. The van der Waals surface area contributed by atoms with Crippen LogP contribution in [0.1, 0.15) is 13.3 Å². The van der Waals surface area contributed by atoms with Gasteiger partial charge in [-0.2, -0.15) is 0 Å². The van der Waals surface area contributed by atoms with Gasteiger partial charge in [-0.05, 0) is 25.5 Å². The second kappa shape index (κ2) is 8.18. The molecule has 8 heteroatoms. The van der Waals surface area contributed by atoms with E-state index in [9.17, 15) is 14.9 Å². The molecule has 0 spiro atoms. The van der Waals surface area contributed by atoms with E-state index in [-0.39, 0.29) is 11.4 Å². The number of nitrogens with two attached hydrogens (primary N) is 1. The molecule has 1 atom stereocenters. The molecule has 0 fully saturated rings. The van der Waals surface area contributed by atoms with E-state index in [0.717, 1.165) is 0 Å². The van der Waals surface area contributed by atoms with Gasteiger partial charge in [0.2, 0.25) is 5.91 Å². The minimum absolute atomic E-state index is 0.0846. The van der Waals surface area contributed by atoms with Crippen LogP contribution in [0, 0.1) is 10.1 Å². The van der Waals surface area contributed by atoms with E-state index in [1.165, 1.54) is 19.2 Å². The van der Waals surface area contributed by atoms with Gasteiger partial charge in [-0.25, -0.2) is 0 Å². The number of ether oxygens (including phenoxy) is 2.